The van der Waals surface area contributed by atoms with E-state index in [-0.39, 0.29) is 29.7 Å². The minimum Gasteiger partial charge on any atom is -0.323 e. The number of carbonyl (C=O) groups is 3. The van der Waals surface area contributed by atoms with Crippen molar-refractivity contribution >= 4 is 35.0 Å². The maximum atomic E-state index is 13.4. The second kappa shape index (κ2) is 6.56. The summed E-state index contributed by atoms with van der Waals surface area (Å²) in [6.07, 6.45) is 1.65. The lowest BCUT2D eigenvalue weighted by molar-refractivity contribution is -0.143. The summed E-state index contributed by atoms with van der Waals surface area (Å²) in [6.45, 7) is 8.36. The van der Waals surface area contributed by atoms with Gasteiger partial charge >= 0.3 is 0 Å². The quantitative estimate of drug-likeness (QED) is 0.758. The van der Waals surface area contributed by atoms with Crippen LogP contribution < -0.4 is 10.6 Å². The number of unbranched alkanes of at least 4 members (excludes halogenated alkanes) is 1. The lowest BCUT2D eigenvalue weighted by atomic mass is 9.75. The molecule has 0 aliphatic carbocycles. The lowest BCUT2D eigenvalue weighted by Gasteiger charge is -2.30. The van der Waals surface area contributed by atoms with Gasteiger partial charge in [-0.1, -0.05) is 44.9 Å². The molecule has 7 heteroatoms. The zero-order chi connectivity index (χ0) is 20.4. The van der Waals surface area contributed by atoms with E-state index in [1.165, 1.54) is 4.90 Å². The number of nitrogens with one attached hydrogen (secondary N) is 2. The van der Waals surface area contributed by atoms with Gasteiger partial charge in [0.1, 0.15) is 5.54 Å². The highest BCUT2D eigenvalue weighted by Gasteiger charge is 2.70. The number of carbonyl (C=O) groups excluding carboxylic acids is 3. The van der Waals surface area contributed by atoms with Crippen LogP contribution in [0.3, 0.4) is 0 Å². The molecule has 1 spiro atoms. The van der Waals surface area contributed by atoms with Gasteiger partial charge in [-0.3, -0.25) is 24.6 Å². The molecule has 2 N–H and O–H groups in total. The molecule has 1 aromatic rings. The number of aryl methyl sites for hydroxylation is 1. The van der Waals surface area contributed by atoms with Crippen molar-refractivity contribution in [1.29, 1.82) is 0 Å². The van der Waals surface area contributed by atoms with Crippen LogP contribution in [0.2, 0.25) is 5.02 Å². The molecule has 0 bridgehead atoms. The summed E-state index contributed by atoms with van der Waals surface area (Å²) in [5.41, 5.74) is 0.878. The van der Waals surface area contributed by atoms with E-state index in [4.69, 9.17) is 11.6 Å². The number of fused-ring (bicyclic) bond motifs is 4. The molecule has 2 saturated heterocycles. The fourth-order valence-electron chi connectivity index (χ4n) is 5.10. The van der Waals surface area contributed by atoms with E-state index >= 15 is 0 Å². The second-order valence-corrected chi connectivity index (χ2v) is 8.94. The van der Waals surface area contributed by atoms with Crippen molar-refractivity contribution in [2.75, 3.05) is 11.9 Å². The van der Waals surface area contributed by atoms with Crippen LogP contribution in [-0.4, -0.2) is 35.2 Å². The summed E-state index contributed by atoms with van der Waals surface area (Å²) < 4.78 is 0. The van der Waals surface area contributed by atoms with E-state index in [0.29, 0.717) is 22.8 Å². The van der Waals surface area contributed by atoms with E-state index in [1.807, 2.05) is 33.8 Å². The Morgan fingerprint density at radius 3 is 2.57 bits per heavy atom. The number of rotatable bonds is 4. The predicted molar refractivity (Wildman–Crippen MR) is 107 cm³/mol. The first-order chi connectivity index (χ1) is 13.2. The van der Waals surface area contributed by atoms with Crippen LogP contribution in [-0.2, 0) is 19.9 Å². The highest BCUT2D eigenvalue weighted by molar-refractivity contribution is 6.35. The first kappa shape index (κ1) is 19.4. The second-order valence-electron chi connectivity index (χ2n) is 8.53. The van der Waals surface area contributed by atoms with Crippen LogP contribution >= 0.6 is 11.6 Å². The monoisotopic (exact) mass is 403 g/mol. The van der Waals surface area contributed by atoms with Crippen LogP contribution in [0.5, 0.6) is 0 Å². The number of hydrogen-bond acceptors (Lipinski definition) is 4. The third-order valence-electron chi connectivity index (χ3n) is 6.40. The van der Waals surface area contributed by atoms with Crippen molar-refractivity contribution in [1.82, 2.24) is 10.2 Å². The summed E-state index contributed by atoms with van der Waals surface area (Å²) in [5.74, 6) is -1.91. The highest BCUT2D eigenvalue weighted by Crippen LogP contribution is 2.55. The SMILES string of the molecule is CCCCN1C(=O)C2C(C(C)C)NC3(C(=O)Nc4c(Cl)cc(C)cc43)C2C1=O. The third-order valence-corrected chi connectivity index (χ3v) is 6.70. The van der Waals surface area contributed by atoms with Crippen molar-refractivity contribution in [3.05, 3.63) is 28.3 Å². The molecular formula is C21H26ClN3O3. The zero-order valence-electron chi connectivity index (χ0n) is 16.6. The molecular weight excluding hydrogens is 378 g/mol. The molecule has 4 atom stereocenters. The number of halogens is 1. The normalized spacial score (nSPS) is 31.1. The summed E-state index contributed by atoms with van der Waals surface area (Å²) in [5, 5.41) is 6.75. The molecule has 2 fully saturated rings. The highest BCUT2D eigenvalue weighted by atomic mass is 35.5. The first-order valence-electron chi connectivity index (χ1n) is 9.99. The van der Waals surface area contributed by atoms with Crippen LogP contribution in [0.25, 0.3) is 0 Å². The standard InChI is InChI=1S/C21H26ClN3O3/c1-5-6-7-25-18(26)14-15(19(25)27)21(24-16(14)10(2)3)12-8-11(4)9-13(22)17(12)23-20(21)28/h8-10,14-16,24H,5-7H2,1-4H3,(H,23,28). The Kier molecular flexibility index (Phi) is 4.55. The van der Waals surface area contributed by atoms with Gasteiger partial charge in [-0.25, -0.2) is 0 Å². The number of hydrogen-bond donors (Lipinski definition) is 2. The Hall–Kier alpha value is -1.92. The van der Waals surface area contributed by atoms with Crippen LogP contribution in [0.1, 0.15) is 44.7 Å². The van der Waals surface area contributed by atoms with E-state index in [9.17, 15) is 14.4 Å². The molecule has 4 unspecified atom stereocenters. The van der Waals surface area contributed by atoms with Gasteiger partial charge in [-0.05, 0) is 30.9 Å². The lowest BCUT2D eigenvalue weighted by Crippen LogP contribution is -2.54. The Morgan fingerprint density at radius 1 is 1.21 bits per heavy atom. The molecule has 3 amide bonds. The molecule has 0 saturated carbocycles. The first-order valence-corrected chi connectivity index (χ1v) is 10.4. The summed E-state index contributed by atoms with van der Waals surface area (Å²) in [7, 11) is 0. The maximum absolute atomic E-state index is 13.4. The average molecular weight is 404 g/mol. The average Bonchev–Trinajstić information content (AvgIpc) is 3.21. The van der Waals surface area contributed by atoms with Gasteiger partial charge in [0, 0.05) is 18.2 Å². The van der Waals surface area contributed by atoms with Crippen LogP contribution in [0, 0.1) is 24.7 Å². The zero-order valence-corrected chi connectivity index (χ0v) is 17.4. The molecule has 0 radical (unpaired) electrons. The maximum Gasteiger partial charge on any atom is 0.250 e. The summed E-state index contributed by atoms with van der Waals surface area (Å²) in [6, 6.07) is 3.43. The smallest absolute Gasteiger partial charge is 0.250 e. The summed E-state index contributed by atoms with van der Waals surface area (Å²) in [4.78, 5) is 41.3. The van der Waals surface area contributed by atoms with Gasteiger partial charge in [0.05, 0.1) is 22.5 Å². The Balaban J connectivity index is 1.89. The topological polar surface area (TPSA) is 78.5 Å². The van der Waals surface area contributed by atoms with E-state index in [2.05, 4.69) is 10.6 Å². The Morgan fingerprint density at radius 2 is 1.93 bits per heavy atom. The molecule has 1 aromatic carbocycles. The Bertz CT molecular complexity index is 884. The van der Waals surface area contributed by atoms with Crippen molar-refractivity contribution in [3.63, 3.8) is 0 Å². The van der Waals surface area contributed by atoms with E-state index in [0.717, 1.165) is 18.4 Å². The number of nitrogens with zero attached hydrogens (tertiary/aromatic N) is 1. The van der Waals surface area contributed by atoms with E-state index in [1.54, 1.807) is 6.07 Å². The fourth-order valence-corrected chi connectivity index (χ4v) is 5.42. The van der Waals surface area contributed by atoms with Gasteiger partial charge < -0.3 is 5.32 Å². The summed E-state index contributed by atoms with van der Waals surface area (Å²) >= 11 is 6.40. The van der Waals surface area contributed by atoms with Gasteiger partial charge in [-0.15, -0.1) is 0 Å². The number of benzene rings is 1. The molecule has 0 aromatic heterocycles. The van der Waals surface area contributed by atoms with Crippen LogP contribution in [0.15, 0.2) is 12.1 Å². The van der Waals surface area contributed by atoms with Gasteiger partial charge in [-0.2, -0.15) is 0 Å². The van der Waals surface area contributed by atoms with Crippen LogP contribution in [0.4, 0.5) is 5.69 Å². The minimum absolute atomic E-state index is 0.0897. The van der Waals surface area contributed by atoms with Crippen molar-refractivity contribution in [3.8, 4) is 0 Å². The van der Waals surface area contributed by atoms with Gasteiger partial charge in [0.15, 0.2) is 0 Å². The third kappa shape index (κ3) is 2.40. The number of amides is 3. The molecule has 150 valence electrons. The largest absolute Gasteiger partial charge is 0.323 e. The molecule has 3 aliphatic heterocycles. The number of likely N-dealkylation sites (tertiary alicyclic amines) is 1. The molecule has 28 heavy (non-hydrogen) atoms. The number of anilines is 1. The van der Waals surface area contributed by atoms with Crippen molar-refractivity contribution in [2.24, 2.45) is 17.8 Å². The van der Waals surface area contributed by atoms with Crippen molar-refractivity contribution < 1.29 is 14.4 Å². The van der Waals surface area contributed by atoms with E-state index < -0.39 is 17.4 Å². The minimum atomic E-state index is -1.25. The molecule has 3 heterocycles. The molecule has 6 nitrogen and oxygen atoms in total. The molecule has 4 rings (SSSR count). The van der Waals surface area contributed by atoms with Crippen molar-refractivity contribution in [2.45, 2.75) is 52.1 Å². The number of imide groups is 1. The van der Waals surface area contributed by atoms with Gasteiger partial charge in [0.25, 0.3) is 0 Å². The Labute approximate surface area is 170 Å². The fraction of sp³-hybridized carbons (Fsp3) is 0.571. The van der Waals surface area contributed by atoms with Gasteiger partial charge in [0.2, 0.25) is 17.7 Å². The molecule has 3 aliphatic rings. The predicted octanol–water partition coefficient (Wildman–Crippen LogP) is 2.82.